The van der Waals surface area contributed by atoms with Crippen LogP contribution in [0.15, 0.2) is 177 Å². The number of nitro benzene ring substituents is 2. The number of halogens is 2. The SMILES string of the molecule is COC(=O)C1=C(C#N)NC(C)=C(C(=O)OC(C)C)C1c1cccc([N+](=O)[O-])c1.COC(=O)C1=C(C)NC(C)=C(C(=O)OCCN(C)Cc2ccccc2)C1c1cccc([N+](=O)[O-])c1.COc1ccc([C@@H]2Sc3ccccc3N(CCN(C)C)C(=O)[C@@H]2OC(C)=O)cc1.Cl.Cl. The van der Waals surface area contributed by atoms with E-state index in [2.05, 4.69) is 10.6 Å². The summed E-state index contributed by atoms with van der Waals surface area (Å²) in [6, 6.07) is 38.6. The standard InChI is InChI=1S/C26H29N3O6.C22H26N2O4S.C19H19N3O6.2ClH/c1-17-22(25(30)34-4)24(20-11-8-12-21(15-20)29(32)33)23(18(2)27-17)26(31)35-14-13-28(3)16-19-9-6-5-7-10-19;1-15(25)28-20-21(16-9-11-17(27-4)12-10-16)29-19-8-6-5-7-18(19)24(22(20)26)14-13-23(2)3;1-10(2)28-19(24)15-11(3)21-14(9-20)17(18(23)27-4)16(15)12-6-5-7-13(8-12)22(25)26;;/h5-12,15,24,27H,13-14,16H2,1-4H3;5-12,20-21H,13-14H2,1-4H3;5-8,10,16,21H,1-4H3;2*1H/t;20-,21+;;;/m.1.../s1. The third-order valence-corrected chi connectivity index (χ3v) is 15.9. The largest absolute Gasteiger partial charge is 0.497 e. The van der Waals surface area contributed by atoms with Crippen molar-refractivity contribution in [2.45, 2.75) is 82.3 Å². The van der Waals surface area contributed by atoms with Gasteiger partial charge in [-0.3, -0.25) is 34.7 Å². The van der Waals surface area contributed by atoms with Crippen molar-refractivity contribution in [3.8, 4) is 11.8 Å². The lowest BCUT2D eigenvalue weighted by atomic mass is 9.80. The molecule has 500 valence electrons. The molecule has 0 bridgehead atoms. The van der Waals surface area contributed by atoms with Gasteiger partial charge in [-0.1, -0.05) is 78.9 Å². The second kappa shape index (κ2) is 36.0. The predicted molar refractivity (Wildman–Crippen MR) is 357 cm³/mol. The normalized spacial score (nSPS) is 16.5. The maximum atomic E-state index is 13.6. The molecule has 3 heterocycles. The Morgan fingerprint density at radius 3 is 1.71 bits per heavy atom. The molecule has 2 N–H and O–H groups in total. The van der Waals surface area contributed by atoms with Gasteiger partial charge in [0, 0.05) is 79.4 Å². The van der Waals surface area contributed by atoms with E-state index >= 15 is 0 Å². The molecule has 0 saturated carbocycles. The van der Waals surface area contributed by atoms with Gasteiger partial charge in [-0.2, -0.15) is 5.26 Å². The molecule has 0 aromatic heterocycles. The molecule has 1 amide bonds. The van der Waals surface area contributed by atoms with E-state index in [1.54, 1.807) is 64.5 Å². The smallest absolute Gasteiger partial charge is 0.337 e. The Balaban J connectivity index is 0.000000299. The van der Waals surface area contributed by atoms with E-state index in [4.69, 9.17) is 28.4 Å². The molecular weight excluding hydrogens is 1280 g/mol. The number of hydrogen-bond donors (Lipinski definition) is 2. The molecule has 2 unspecified atom stereocenters. The summed E-state index contributed by atoms with van der Waals surface area (Å²) in [5.74, 6) is -4.65. The Labute approximate surface area is 562 Å². The minimum absolute atomic E-state index is 0. The topological polar surface area (TPSA) is 302 Å². The lowest BCUT2D eigenvalue weighted by molar-refractivity contribution is -0.385. The first kappa shape index (κ1) is 76.9. The zero-order chi connectivity index (χ0) is 67.5. The summed E-state index contributed by atoms with van der Waals surface area (Å²) >= 11 is 1.54. The summed E-state index contributed by atoms with van der Waals surface area (Å²) in [5.41, 5.74) is 4.85. The van der Waals surface area contributed by atoms with Gasteiger partial charge in [-0.25, -0.2) is 19.2 Å². The Kier molecular flexibility index (Phi) is 29.5. The number of methoxy groups -OCH3 is 3. The highest BCUT2D eigenvalue weighted by atomic mass is 35.5. The van der Waals surface area contributed by atoms with Gasteiger partial charge in [-0.15, -0.1) is 36.6 Å². The first-order valence-corrected chi connectivity index (χ1v) is 29.8. The van der Waals surface area contributed by atoms with Crippen LogP contribution in [0.5, 0.6) is 5.75 Å². The zero-order valence-corrected chi connectivity index (χ0v) is 56.4. The number of nitro groups is 2. The molecule has 4 atom stereocenters. The summed E-state index contributed by atoms with van der Waals surface area (Å²) < 4.78 is 31.5. The quantitative estimate of drug-likeness (QED) is 0.0317. The van der Waals surface area contributed by atoms with Gasteiger partial charge in [0.05, 0.1) is 82.3 Å². The van der Waals surface area contributed by atoms with Crippen LogP contribution in [0.1, 0.15) is 80.9 Å². The number of fused-ring (bicyclic) bond motifs is 1. The average Bonchev–Trinajstić information content (AvgIpc) is 0.920. The number of rotatable bonds is 20. The van der Waals surface area contributed by atoms with Crippen LogP contribution in [-0.4, -0.2) is 136 Å². The van der Waals surface area contributed by atoms with Crippen molar-refractivity contribution in [3.05, 3.63) is 215 Å². The van der Waals surface area contributed by atoms with E-state index in [-0.39, 0.29) is 81.9 Å². The molecule has 3 aliphatic heterocycles. The van der Waals surface area contributed by atoms with Crippen LogP contribution in [0.2, 0.25) is 0 Å². The van der Waals surface area contributed by atoms with E-state index in [0.717, 1.165) is 34.6 Å². The van der Waals surface area contributed by atoms with Crippen molar-refractivity contribution < 1.29 is 67.0 Å². The van der Waals surface area contributed by atoms with Crippen LogP contribution in [0, 0.1) is 31.6 Å². The van der Waals surface area contributed by atoms with E-state index in [1.165, 1.54) is 56.5 Å². The van der Waals surface area contributed by atoms with E-state index in [9.17, 15) is 54.3 Å². The first-order valence-electron chi connectivity index (χ1n) is 28.9. The highest BCUT2D eigenvalue weighted by molar-refractivity contribution is 7.99. The Bertz CT molecular complexity index is 3760. The molecule has 94 heavy (non-hydrogen) atoms. The minimum atomic E-state index is -1.06. The molecule has 27 heteroatoms. The number of hydrogen-bond acceptors (Lipinski definition) is 22. The molecular formula is C67H76Cl2N8O16S. The van der Waals surface area contributed by atoms with Crippen molar-refractivity contribution >= 4 is 89.4 Å². The van der Waals surface area contributed by atoms with Gasteiger partial charge >= 0.3 is 29.8 Å². The number of carbonyl (C=O) groups is 6. The molecule has 5 aromatic carbocycles. The number of carbonyl (C=O) groups excluding carboxylic acids is 6. The maximum Gasteiger partial charge on any atom is 0.337 e. The van der Waals surface area contributed by atoms with Crippen molar-refractivity contribution in [1.29, 1.82) is 5.26 Å². The second-order valence-corrected chi connectivity index (χ2v) is 22.9. The number of esters is 5. The molecule has 0 saturated heterocycles. The molecule has 0 radical (unpaired) electrons. The highest BCUT2D eigenvalue weighted by Crippen LogP contribution is 2.47. The number of benzene rings is 5. The second-order valence-electron chi connectivity index (χ2n) is 21.7. The monoisotopic (exact) mass is 1350 g/mol. The maximum absolute atomic E-state index is 13.6. The number of nitrogens with zero attached hydrogens (tertiary/aromatic N) is 6. The van der Waals surface area contributed by atoms with E-state index < -0.39 is 63.7 Å². The number of dihydropyridines is 2. The van der Waals surface area contributed by atoms with Crippen LogP contribution in [-0.2, 0) is 59.0 Å². The molecule has 8 rings (SSSR count). The van der Waals surface area contributed by atoms with Gasteiger partial charge in [0.25, 0.3) is 17.3 Å². The molecule has 0 fully saturated rings. The van der Waals surface area contributed by atoms with Gasteiger partial charge < -0.3 is 48.9 Å². The van der Waals surface area contributed by atoms with Crippen LogP contribution in [0.25, 0.3) is 0 Å². The fraction of sp³-hybridized carbons (Fsp3) is 0.328. The molecule has 24 nitrogen and oxygen atoms in total. The molecule has 3 aliphatic rings. The number of amides is 1. The summed E-state index contributed by atoms with van der Waals surface area (Å²) in [6.07, 6.45) is -1.35. The molecule has 0 aliphatic carbocycles. The molecule has 5 aromatic rings. The van der Waals surface area contributed by atoms with Crippen molar-refractivity contribution in [2.75, 3.05) is 73.6 Å². The lowest BCUT2D eigenvalue weighted by Crippen LogP contribution is -2.45. The van der Waals surface area contributed by atoms with Crippen LogP contribution in [0.3, 0.4) is 0 Å². The Morgan fingerprint density at radius 1 is 0.670 bits per heavy atom. The zero-order valence-electron chi connectivity index (χ0n) is 54.0. The van der Waals surface area contributed by atoms with Gasteiger partial charge in [0.2, 0.25) is 0 Å². The number of para-hydroxylation sites is 1. The Morgan fingerprint density at radius 2 is 1.19 bits per heavy atom. The third kappa shape index (κ3) is 19.7. The van der Waals surface area contributed by atoms with Crippen molar-refractivity contribution in [1.82, 2.24) is 20.4 Å². The number of thioether (sulfide) groups is 1. The fourth-order valence-corrected chi connectivity index (χ4v) is 11.6. The van der Waals surface area contributed by atoms with Crippen LogP contribution < -0.4 is 20.3 Å². The van der Waals surface area contributed by atoms with Gasteiger partial charge in [0.15, 0.2) is 6.10 Å². The lowest BCUT2D eigenvalue weighted by Gasteiger charge is -2.30. The number of allylic oxidation sites excluding steroid dienone is 4. The van der Waals surface area contributed by atoms with Crippen molar-refractivity contribution in [2.24, 2.45) is 0 Å². The van der Waals surface area contributed by atoms with Gasteiger partial charge in [-0.05, 0) is 102 Å². The number of nitriles is 1. The average molecular weight is 1350 g/mol. The fourth-order valence-electron chi connectivity index (χ4n) is 10.3. The Hall–Kier alpha value is -9.58. The number of nitrogens with one attached hydrogen (secondary N) is 2. The number of anilines is 1. The van der Waals surface area contributed by atoms with Gasteiger partial charge in [0.1, 0.15) is 24.1 Å². The number of non-ortho nitro benzene ring substituents is 2. The summed E-state index contributed by atoms with van der Waals surface area (Å²) in [7, 11) is 9.87. The first-order chi connectivity index (χ1) is 43.8. The van der Waals surface area contributed by atoms with E-state index in [1.807, 2.05) is 116 Å². The summed E-state index contributed by atoms with van der Waals surface area (Å²) in [5, 5.41) is 37.5. The number of likely N-dealkylation sites (N-methyl/N-ethyl adjacent to an activating group) is 2. The highest BCUT2D eigenvalue weighted by Gasteiger charge is 2.43. The van der Waals surface area contributed by atoms with E-state index in [0.29, 0.717) is 54.4 Å². The van der Waals surface area contributed by atoms with Crippen molar-refractivity contribution in [3.63, 3.8) is 0 Å². The summed E-state index contributed by atoms with van der Waals surface area (Å²) in [4.78, 5) is 105. The minimum Gasteiger partial charge on any atom is -0.497 e. The molecule has 0 spiro atoms. The predicted octanol–water partition coefficient (Wildman–Crippen LogP) is 10.3. The third-order valence-electron chi connectivity index (χ3n) is 14.6. The number of ether oxygens (including phenoxy) is 6. The van der Waals surface area contributed by atoms with Crippen LogP contribution in [0.4, 0.5) is 17.1 Å². The van der Waals surface area contributed by atoms with Crippen LogP contribution >= 0.6 is 36.6 Å². The summed E-state index contributed by atoms with van der Waals surface area (Å²) in [6.45, 7) is 12.2.